The van der Waals surface area contributed by atoms with Crippen molar-refractivity contribution in [3.05, 3.63) is 0 Å². The van der Waals surface area contributed by atoms with E-state index in [0.29, 0.717) is 24.4 Å². The van der Waals surface area contributed by atoms with Crippen LogP contribution in [0.15, 0.2) is 0 Å². The molecule has 0 bridgehead atoms. The fraction of sp³-hybridized carbons (Fsp3) is 0.875. The Hall–Kier alpha value is -1.10. The van der Waals surface area contributed by atoms with Crippen LogP contribution in [-0.2, 0) is 9.59 Å². The number of rotatable bonds is 4. The molecule has 1 aliphatic heterocycles. The van der Waals surface area contributed by atoms with E-state index >= 15 is 0 Å². The molecule has 2 aliphatic carbocycles. The van der Waals surface area contributed by atoms with Gasteiger partial charge in [-0.05, 0) is 32.1 Å². The van der Waals surface area contributed by atoms with Crippen molar-refractivity contribution in [2.75, 3.05) is 32.7 Å². The van der Waals surface area contributed by atoms with Crippen LogP contribution in [0.2, 0.25) is 0 Å². The van der Waals surface area contributed by atoms with Crippen LogP contribution in [0.25, 0.3) is 0 Å². The van der Waals surface area contributed by atoms with Crippen molar-refractivity contribution in [3.63, 3.8) is 0 Å². The highest BCUT2D eigenvalue weighted by molar-refractivity contribution is 5.81. The van der Waals surface area contributed by atoms with Gasteiger partial charge in [0.25, 0.3) is 0 Å². The Labute approximate surface area is 127 Å². The van der Waals surface area contributed by atoms with Crippen LogP contribution < -0.4 is 5.32 Å². The van der Waals surface area contributed by atoms with E-state index in [2.05, 4.69) is 10.2 Å². The van der Waals surface area contributed by atoms with Gasteiger partial charge in [-0.15, -0.1) is 0 Å². The predicted molar refractivity (Wildman–Crippen MR) is 80.8 cm³/mol. The quantitative estimate of drug-likeness (QED) is 0.841. The first kappa shape index (κ1) is 14.8. The van der Waals surface area contributed by atoms with E-state index in [1.165, 1.54) is 12.8 Å². The molecule has 1 saturated heterocycles. The zero-order valence-corrected chi connectivity index (χ0v) is 12.9. The van der Waals surface area contributed by atoms with E-state index in [0.717, 1.165) is 58.3 Å². The molecule has 118 valence electrons. The van der Waals surface area contributed by atoms with E-state index in [4.69, 9.17) is 0 Å². The summed E-state index contributed by atoms with van der Waals surface area (Å²) >= 11 is 0. The lowest BCUT2D eigenvalue weighted by Gasteiger charge is -2.22. The van der Waals surface area contributed by atoms with Crippen LogP contribution in [0.3, 0.4) is 0 Å². The van der Waals surface area contributed by atoms with Gasteiger partial charge >= 0.3 is 0 Å². The first-order valence-electron chi connectivity index (χ1n) is 8.53. The Morgan fingerprint density at radius 2 is 1.67 bits per heavy atom. The molecule has 0 radical (unpaired) electrons. The van der Waals surface area contributed by atoms with Crippen LogP contribution in [-0.4, -0.2) is 60.4 Å². The molecular weight excluding hydrogens is 266 g/mol. The zero-order chi connectivity index (χ0) is 14.7. The largest absolute Gasteiger partial charge is 0.352 e. The normalized spacial score (nSPS) is 24.9. The van der Waals surface area contributed by atoms with Gasteiger partial charge in [-0.3, -0.25) is 14.5 Å². The van der Waals surface area contributed by atoms with Gasteiger partial charge < -0.3 is 10.2 Å². The Morgan fingerprint density at radius 3 is 2.38 bits per heavy atom. The van der Waals surface area contributed by atoms with Gasteiger partial charge in [0, 0.05) is 38.1 Å². The molecule has 0 aromatic heterocycles. The minimum atomic E-state index is 0.156. The Kier molecular flexibility index (Phi) is 4.78. The number of amides is 2. The van der Waals surface area contributed by atoms with Gasteiger partial charge in [0.15, 0.2) is 0 Å². The highest BCUT2D eigenvalue weighted by atomic mass is 16.2. The summed E-state index contributed by atoms with van der Waals surface area (Å²) < 4.78 is 0. The molecule has 21 heavy (non-hydrogen) atoms. The summed E-state index contributed by atoms with van der Waals surface area (Å²) in [5.74, 6) is 0.804. The summed E-state index contributed by atoms with van der Waals surface area (Å²) in [5.41, 5.74) is 0. The molecule has 0 aromatic rings. The smallest absolute Gasteiger partial charge is 0.234 e. The topological polar surface area (TPSA) is 52.7 Å². The fourth-order valence-electron chi connectivity index (χ4n) is 3.48. The average molecular weight is 293 g/mol. The molecule has 2 saturated carbocycles. The molecule has 0 unspecified atom stereocenters. The van der Waals surface area contributed by atoms with Gasteiger partial charge in [-0.2, -0.15) is 0 Å². The molecular formula is C16H27N3O2. The van der Waals surface area contributed by atoms with Gasteiger partial charge in [-0.1, -0.05) is 12.8 Å². The van der Waals surface area contributed by atoms with E-state index in [9.17, 15) is 9.59 Å². The monoisotopic (exact) mass is 293 g/mol. The van der Waals surface area contributed by atoms with E-state index in [1.807, 2.05) is 4.90 Å². The van der Waals surface area contributed by atoms with Crippen LogP contribution in [0.4, 0.5) is 0 Å². The highest BCUT2D eigenvalue weighted by Gasteiger charge is 2.34. The Balaban J connectivity index is 1.41. The summed E-state index contributed by atoms with van der Waals surface area (Å²) in [6.45, 7) is 3.88. The molecule has 0 spiro atoms. The number of nitrogens with zero attached hydrogens (tertiary/aromatic N) is 2. The Bertz CT molecular complexity index is 389. The number of hydrogen-bond acceptors (Lipinski definition) is 3. The molecule has 1 N–H and O–H groups in total. The summed E-state index contributed by atoms with van der Waals surface area (Å²) in [4.78, 5) is 28.4. The lowest BCUT2D eigenvalue weighted by Crippen LogP contribution is -2.42. The molecule has 5 heteroatoms. The predicted octanol–water partition coefficient (Wildman–Crippen LogP) is 0.989. The second-order valence-corrected chi connectivity index (χ2v) is 6.78. The molecule has 3 fully saturated rings. The minimum Gasteiger partial charge on any atom is -0.352 e. The van der Waals surface area contributed by atoms with Crippen molar-refractivity contribution in [3.8, 4) is 0 Å². The molecule has 3 aliphatic rings. The fourth-order valence-corrected chi connectivity index (χ4v) is 3.48. The summed E-state index contributed by atoms with van der Waals surface area (Å²) in [7, 11) is 0. The van der Waals surface area contributed by atoms with E-state index in [1.54, 1.807) is 0 Å². The van der Waals surface area contributed by atoms with Crippen molar-refractivity contribution in [2.45, 2.75) is 51.0 Å². The highest BCUT2D eigenvalue weighted by Crippen LogP contribution is 2.31. The SMILES string of the molecule is O=C(CN1CCCN(C(=O)C2CC2)CC1)NC1CCCC1. The number of carbonyl (C=O) groups is 2. The average Bonchev–Trinajstić information content (AvgIpc) is 3.23. The van der Waals surface area contributed by atoms with E-state index < -0.39 is 0 Å². The molecule has 0 aromatic carbocycles. The lowest BCUT2D eigenvalue weighted by molar-refractivity contribution is -0.132. The summed E-state index contributed by atoms with van der Waals surface area (Å²) in [6, 6.07) is 0.400. The van der Waals surface area contributed by atoms with Gasteiger partial charge in [-0.25, -0.2) is 0 Å². The van der Waals surface area contributed by atoms with Crippen LogP contribution in [0.5, 0.6) is 0 Å². The van der Waals surface area contributed by atoms with Gasteiger partial charge in [0.2, 0.25) is 11.8 Å². The third-order valence-corrected chi connectivity index (χ3v) is 4.91. The van der Waals surface area contributed by atoms with Crippen LogP contribution in [0.1, 0.15) is 44.9 Å². The second kappa shape index (κ2) is 6.77. The van der Waals surface area contributed by atoms with Gasteiger partial charge in [0.1, 0.15) is 0 Å². The summed E-state index contributed by atoms with van der Waals surface area (Å²) in [5, 5.41) is 3.15. The first-order chi connectivity index (χ1) is 10.2. The number of carbonyl (C=O) groups excluding carboxylic acids is 2. The van der Waals surface area contributed by atoms with E-state index in [-0.39, 0.29) is 5.91 Å². The van der Waals surface area contributed by atoms with Crippen LogP contribution in [0, 0.1) is 5.92 Å². The third kappa shape index (κ3) is 4.19. The standard InChI is InChI=1S/C16H27N3O2/c20-15(17-14-4-1-2-5-14)12-18-8-3-9-19(11-10-18)16(21)13-6-7-13/h13-14H,1-12H2,(H,17,20). The Morgan fingerprint density at radius 1 is 0.905 bits per heavy atom. The maximum Gasteiger partial charge on any atom is 0.234 e. The lowest BCUT2D eigenvalue weighted by atomic mass is 10.2. The molecule has 3 rings (SSSR count). The molecule has 2 amide bonds. The van der Waals surface area contributed by atoms with Gasteiger partial charge in [0.05, 0.1) is 6.54 Å². The first-order valence-corrected chi connectivity index (χ1v) is 8.53. The zero-order valence-electron chi connectivity index (χ0n) is 12.9. The molecule has 5 nitrogen and oxygen atoms in total. The number of hydrogen-bond donors (Lipinski definition) is 1. The number of nitrogens with one attached hydrogen (secondary N) is 1. The van der Waals surface area contributed by atoms with Crippen molar-refractivity contribution >= 4 is 11.8 Å². The summed E-state index contributed by atoms with van der Waals surface area (Å²) in [6.07, 6.45) is 7.88. The van der Waals surface area contributed by atoms with Crippen molar-refractivity contribution in [1.29, 1.82) is 0 Å². The second-order valence-electron chi connectivity index (χ2n) is 6.78. The minimum absolute atomic E-state index is 0.156. The van der Waals surface area contributed by atoms with Crippen LogP contribution >= 0.6 is 0 Å². The molecule has 0 atom stereocenters. The third-order valence-electron chi connectivity index (χ3n) is 4.91. The maximum atomic E-state index is 12.1. The van der Waals surface area contributed by atoms with Crippen molar-refractivity contribution in [1.82, 2.24) is 15.1 Å². The van der Waals surface area contributed by atoms with Crippen molar-refractivity contribution in [2.24, 2.45) is 5.92 Å². The van der Waals surface area contributed by atoms with Crippen molar-refractivity contribution < 1.29 is 9.59 Å². The maximum absolute atomic E-state index is 12.1. The molecule has 1 heterocycles.